The Morgan fingerprint density at radius 2 is 1.92 bits per heavy atom. The topological polar surface area (TPSA) is 98.8 Å². The molecule has 8 heteroatoms. The molecule has 3 aromatic rings. The minimum absolute atomic E-state index is 0.223. The molecule has 134 valence electrons. The second-order valence-electron chi connectivity index (χ2n) is 5.73. The number of benzene rings is 1. The molecule has 8 nitrogen and oxygen atoms in total. The van der Waals surface area contributed by atoms with Crippen LogP contribution >= 0.6 is 0 Å². The van der Waals surface area contributed by atoms with Crippen LogP contribution in [-0.4, -0.2) is 17.9 Å². The zero-order valence-corrected chi connectivity index (χ0v) is 13.9. The number of hydrogen-bond donors (Lipinski definition) is 2. The van der Waals surface area contributed by atoms with Crippen molar-refractivity contribution in [1.29, 1.82) is 0 Å². The molecule has 2 aromatic heterocycles. The second kappa shape index (κ2) is 7.32. The molecule has 1 amide bonds. The maximum atomic E-state index is 12.2. The fourth-order valence-corrected chi connectivity index (χ4v) is 2.55. The quantitative estimate of drug-likeness (QED) is 0.670. The van der Waals surface area contributed by atoms with Gasteiger partial charge in [0.2, 0.25) is 6.79 Å². The molecular weight excluding hydrogens is 338 g/mol. The van der Waals surface area contributed by atoms with Gasteiger partial charge < -0.3 is 29.0 Å². The fraction of sp³-hybridized carbons (Fsp3) is 0.222. The molecule has 1 aromatic carbocycles. The van der Waals surface area contributed by atoms with Crippen molar-refractivity contribution in [1.82, 2.24) is 15.8 Å². The molecule has 0 spiro atoms. The summed E-state index contributed by atoms with van der Waals surface area (Å²) in [5.41, 5.74) is 1.15. The van der Waals surface area contributed by atoms with E-state index in [1.807, 2.05) is 30.3 Å². The van der Waals surface area contributed by atoms with E-state index < -0.39 is 0 Å². The van der Waals surface area contributed by atoms with Crippen molar-refractivity contribution >= 4 is 5.91 Å². The van der Waals surface area contributed by atoms with Gasteiger partial charge in [-0.1, -0.05) is 11.2 Å². The monoisotopic (exact) mass is 355 g/mol. The van der Waals surface area contributed by atoms with E-state index in [2.05, 4.69) is 15.8 Å². The number of nitrogens with one attached hydrogen (secondary N) is 2. The van der Waals surface area contributed by atoms with Crippen LogP contribution in [0, 0.1) is 0 Å². The average molecular weight is 355 g/mol. The molecule has 26 heavy (non-hydrogen) atoms. The maximum absolute atomic E-state index is 12.2. The molecule has 0 aliphatic carbocycles. The molecule has 3 heterocycles. The van der Waals surface area contributed by atoms with Crippen LogP contribution in [0.5, 0.6) is 11.5 Å². The van der Waals surface area contributed by atoms with Crippen LogP contribution in [0.15, 0.2) is 51.6 Å². The standard InChI is InChI=1S/C18H17N3O5/c22-18(20-8-12-3-4-16-17(6-12)25-11-24-16)15-7-14(26-21-15)10-19-9-13-2-1-5-23-13/h1-7,19H,8-11H2,(H,20,22). The van der Waals surface area contributed by atoms with E-state index in [1.165, 1.54) is 0 Å². The highest BCUT2D eigenvalue weighted by Gasteiger charge is 2.15. The second-order valence-corrected chi connectivity index (χ2v) is 5.73. The normalized spacial score (nSPS) is 12.3. The van der Waals surface area contributed by atoms with Crippen molar-refractivity contribution in [3.05, 3.63) is 65.4 Å². The van der Waals surface area contributed by atoms with Crippen LogP contribution in [0.2, 0.25) is 0 Å². The van der Waals surface area contributed by atoms with Crippen LogP contribution < -0.4 is 20.1 Å². The van der Waals surface area contributed by atoms with E-state index in [-0.39, 0.29) is 18.4 Å². The number of hydrogen-bond acceptors (Lipinski definition) is 7. The third-order valence-electron chi connectivity index (χ3n) is 3.86. The molecule has 0 fully saturated rings. The van der Waals surface area contributed by atoms with Crippen LogP contribution in [-0.2, 0) is 19.6 Å². The molecule has 1 aliphatic heterocycles. The summed E-state index contributed by atoms with van der Waals surface area (Å²) in [6, 6.07) is 10.9. The highest BCUT2D eigenvalue weighted by molar-refractivity contribution is 5.92. The lowest BCUT2D eigenvalue weighted by atomic mass is 10.2. The minimum Gasteiger partial charge on any atom is -0.468 e. The number of furan rings is 1. The van der Waals surface area contributed by atoms with Gasteiger partial charge in [0, 0.05) is 12.6 Å². The predicted molar refractivity (Wildman–Crippen MR) is 89.5 cm³/mol. The van der Waals surface area contributed by atoms with Crippen LogP contribution in [0.3, 0.4) is 0 Å². The molecule has 2 N–H and O–H groups in total. The van der Waals surface area contributed by atoms with Gasteiger partial charge >= 0.3 is 0 Å². The zero-order chi connectivity index (χ0) is 17.8. The van der Waals surface area contributed by atoms with E-state index in [4.69, 9.17) is 18.4 Å². The average Bonchev–Trinajstić information content (AvgIpc) is 3.40. The Hall–Kier alpha value is -3.26. The Kier molecular flexibility index (Phi) is 4.57. The van der Waals surface area contributed by atoms with Crippen molar-refractivity contribution in [2.24, 2.45) is 0 Å². The van der Waals surface area contributed by atoms with Crippen molar-refractivity contribution in [3.8, 4) is 11.5 Å². The van der Waals surface area contributed by atoms with Crippen molar-refractivity contribution in [2.45, 2.75) is 19.6 Å². The first-order chi connectivity index (χ1) is 12.8. The van der Waals surface area contributed by atoms with Crippen molar-refractivity contribution < 1.29 is 23.2 Å². The summed E-state index contributed by atoms with van der Waals surface area (Å²) in [5, 5.41) is 9.76. The smallest absolute Gasteiger partial charge is 0.273 e. The molecule has 0 atom stereocenters. The summed E-state index contributed by atoms with van der Waals surface area (Å²) >= 11 is 0. The number of nitrogens with zero attached hydrogens (tertiary/aromatic N) is 1. The van der Waals surface area contributed by atoms with E-state index in [0.717, 1.165) is 11.3 Å². The highest BCUT2D eigenvalue weighted by Crippen LogP contribution is 2.32. The molecule has 0 unspecified atom stereocenters. The Morgan fingerprint density at radius 1 is 1.04 bits per heavy atom. The summed E-state index contributed by atoms with van der Waals surface area (Å²) in [4.78, 5) is 12.2. The third-order valence-corrected chi connectivity index (χ3v) is 3.86. The van der Waals surface area contributed by atoms with Crippen LogP contribution in [0.1, 0.15) is 27.6 Å². The molecule has 0 saturated heterocycles. The van der Waals surface area contributed by atoms with Crippen LogP contribution in [0.25, 0.3) is 0 Å². The summed E-state index contributed by atoms with van der Waals surface area (Å²) < 4.78 is 21.0. The van der Waals surface area contributed by atoms with E-state index in [1.54, 1.807) is 12.3 Å². The highest BCUT2D eigenvalue weighted by atomic mass is 16.7. The number of ether oxygens (including phenoxy) is 2. The first-order valence-corrected chi connectivity index (χ1v) is 8.13. The largest absolute Gasteiger partial charge is 0.468 e. The van der Waals surface area contributed by atoms with E-state index in [0.29, 0.717) is 36.9 Å². The van der Waals surface area contributed by atoms with Crippen molar-refractivity contribution in [3.63, 3.8) is 0 Å². The lowest BCUT2D eigenvalue weighted by Crippen LogP contribution is -2.23. The summed E-state index contributed by atoms with van der Waals surface area (Å²) in [6.07, 6.45) is 1.62. The van der Waals surface area contributed by atoms with Gasteiger partial charge in [0.1, 0.15) is 5.76 Å². The molecule has 0 bridgehead atoms. The van der Waals surface area contributed by atoms with Gasteiger partial charge in [0.05, 0.1) is 19.4 Å². The third kappa shape index (κ3) is 3.70. The number of fused-ring (bicyclic) bond motifs is 1. The van der Waals surface area contributed by atoms with Crippen LogP contribution in [0.4, 0.5) is 0 Å². The lowest BCUT2D eigenvalue weighted by molar-refractivity contribution is 0.0941. The molecule has 1 aliphatic rings. The predicted octanol–water partition coefficient (Wildman–Crippen LogP) is 2.22. The maximum Gasteiger partial charge on any atom is 0.273 e. The Labute approximate surface area is 149 Å². The van der Waals surface area contributed by atoms with Gasteiger partial charge in [-0.05, 0) is 29.8 Å². The van der Waals surface area contributed by atoms with Gasteiger partial charge in [-0.3, -0.25) is 4.79 Å². The first-order valence-electron chi connectivity index (χ1n) is 8.13. The Bertz CT molecular complexity index is 888. The Morgan fingerprint density at radius 3 is 2.81 bits per heavy atom. The van der Waals surface area contributed by atoms with E-state index >= 15 is 0 Å². The van der Waals surface area contributed by atoms with Gasteiger partial charge in [-0.2, -0.15) is 0 Å². The minimum atomic E-state index is -0.302. The molecule has 0 saturated carbocycles. The van der Waals surface area contributed by atoms with Gasteiger partial charge in [0.15, 0.2) is 23.0 Å². The zero-order valence-electron chi connectivity index (χ0n) is 13.9. The number of amides is 1. The van der Waals surface area contributed by atoms with Crippen molar-refractivity contribution in [2.75, 3.05) is 6.79 Å². The van der Waals surface area contributed by atoms with Gasteiger partial charge in [-0.25, -0.2) is 0 Å². The first kappa shape index (κ1) is 16.2. The number of carbonyl (C=O) groups excluding carboxylic acids is 1. The summed E-state index contributed by atoms with van der Waals surface area (Å²) in [7, 11) is 0. The van der Waals surface area contributed by atoms with Gasteiger partial charge in [-0.15, -0.1) is 0 Å². The van der Waals surface area contributed by atoms with E-state index in [9.17, 15) is 4.79 Å². The molecule has 4 rings (SSSR count). The molecule has 0 radical (unpaired) electrons. The SMILES string of the molecule is O=C(NCc1ccc2c(c1)OCO2)c1cc(CNCc2ccco2)on1. The Balaban J connectivity index is 1.27. The summed E-state index contributed by atoms with van der Waals surface area (Å²) in [6.45, 7) is 1.59. The molecular formula is C18H17N3O5. The van der Waals surface area contributed by atoms with Gasteiger partial charge in [0.25, 0.3) is 5.91 Å². The summed E-state index contributed by atoms with van der Waals surface area (Å²) in [5.74, 6) is 2.49. The number of rotatable bonds is 7. The lowest BCUT2D eigenvalue weighted by Gasteiger charge is -2.04. The number of carbonyl (C=O) groups is 1. The number of aromatic nitrogens is 1. The fourth-order valence-electron chi connectivity index (χ4n) is 2.55.